The SMILES string of the molecule is COc1cc(C)c(C(N)C(=O)NN)c(C)c1C. The molecule has 0 heterocycles. The molecule has 5 N–H and O–H groups in total. The van der Waals surface area contributed by atoms with Gasteiger partial charge >= 0.3 is 0 Å². The van der Waals surface area contributed by atoms with Gasteiger partial charge in [0.05, 0.1) is 7.11 Å². The van der Waals surface area contributed by atoms with Gasteiger partial charge in [0, 0.05) is 0 Å². The summed E-state index contributed by atoms with van der Waals surface area (Å²) < 4.78 is 5.26. The zero-order valence-electron chi connectivity index (χ0n) is 10.6. The van der Waals surface area contributed by atoms with Crippen molar-refractivity contribution < 1.29 is 9.53 Å². The molecule has 5 nitrogen and oxygen atoms in total. The summed E-state index contributed by atoms with van der Waals surface area (Å²) in [5.41, 5.74) is 11.6. The van der Waals surface area contributed by atoms with E-state index in [4.69, 9.17) is 16.3 Å². The lowest BCUT2D eigenvalue weighted by molar-refractivity contribution is -0.122. The number of carbonyl (C=O) groups excluding carboxylic acids is 1. The van der Waals surface area contributed by atoms with Crippen LogP contribution in [-0.2, 0) is 4.79 Å². The van der Waals surface area contributed by atoms with Crippen LogP contribution in [0.5, 0.6) is 5.75 Å². The molecule has 0 fully saturated rings. The maximum absolute atomic E-state index is 11.5. The van der Waals surface area contributed by atoms with Crippen molar-refractivity contribution in [3.8, 4) is 5.75 Å². The first kappa shape index (κ1) is 13.5. The quantitative estimate of drug-likeness (QED) is 0.408. The zero-order valence-corrected chi connectivity index (χ0v) is 10.6. The number of ether oxygens (including phenoxy) is 1. The number of hydrazine groups is 1. The van der Waals surface area contributed by atoms with Crippen molar-refractivity contribution in [2.45, 2.75) is 26.8 Å². The highest BCUT2D eigenvalue weighted by Gasteiger charge is 2.21. The lowest BCUT2D eigenvalue weighted by atomic mass is 9.92. The maximum atomic E-state index is 11.5. The van der Waals surface area contributed by atoms with E-state index in [1.807, 2.05) is 26.8 Å². The van der Waals surface area contributed by atoms with Crippen molar-refractivity contribution in [1.82, 2.24) is 5.43 Å². The molecule has 5 heteroatoms. The van der Waals surface area contributed by atoms with Gasteiger partial charge in [0.2, 0.25) is 0 Å². The predicted molar refractivity (Wildman–Crippen MR) is 66.5 cm³/mol. The number of amides is 1. The number of hydrogen-bond donors (Lipinski definition) is 3. The molecule has 0 bridgehead atoms. The minimum atomic E-state index is -0.760. The number of methoxy groups -OCH3 is 1. The van der Waals surface area contributed by atoms with Gasteiger partial charge in [0.1, 0.15) is 11.8 Å². The summed E-state index contributed by atoms with van der Waals surface area (Å²) in [6, 6.07) is 1.12. The van der Waals surface area contributed by atoms with Crippen molar-refractivity contribution in [3.63, 3.8) is 0 Å². The smallest absolute Gasteiger partial charge is 0.255 e. The van der Waals surface area contributed by atoms with Crippen molar-refractivity contribution in [2.24, 2.45) is 11.6 Å². The molecule has 1 unspecified atom stereocenters. The fourth-order valence-corrected chi connectivity index (χ4v) is 1.98. The number of aryl methyl sites for hydroxylation is 1. The fraction of sp³-hybridized carbons (Fsp3) is 0.417. The summed E-state index contributed by atoms with van der Waals surface area (Å²) in [5.74, 6) is 5.49. The normalized spacial score (nSPS) is 12.1. The van der Waals surface area contributed by atoms with Gasteiger partial charge in [0.25, 0.3) is 5.91 Å². The van der Waals surface area contributed by atoms with Crippen molar-refractivity contribution >= 4 is 5.91 Å². The van der Waals surface area contributed by atoms with Gasteiger partial charge in [-0.25, -0.2) is 5.84 Å². The first-order chi connectivity index (χ1) is 7.93. The minimum Gasteiger partial charge on any atom is -0.496 e. The Balaban J connectivity index is 3.35. The lowest BCUT2D eigenvalue weighted by Gasteiger charge is -2.19. The van der Waals surface area contributed by atoms with E-state index >= 15 is 0 Å². The van der Waals surface area contributed by atoms with Gasteiger partial charge in [0.15, 0.2) is 0 Å². The van der Waals surface area contributed by atoms with Crippen LogP contribution < -0.4 is 21.7 Å². The second-order valence-corrected chi connectivity index (χ2v) is 4.05. The maximum Gasteiger partial charge on any atom is 0.255 e. The largest absolute Gasteiger partial charge is 0.496 e. The van der Waals surface area contributed by atoms with E-state index in [9.17, 15) is 4.79 Å². The summed E-state index contributed by atoms with van der Waals surface area (Å²) in [5, 5.41) is 0. The molecule has 0 aliphatic carbocycles. The average molecular weight is 237 g/mol. The molecular weight excluding hydrogens is 218 g/mol. The summed E-state index contributed by atoms with van der Waals surface area (Å²) in [6.45, 7) is 5.75. The highest BCUT2D eigenvalue weighted by molar-refractivity contribution is 5.83. The van der Waals surface area contributed by atoms with Gasteiger partial charge in [-0.05, 0) is 49.1 Å². The monoisotopic (exact) mass is 237 g/mol. The van der Waals surface area contributed by atoms with E-state index < -0.39 is 11.9 Å². The molecule has 0 aliphatic heterocycles. The zero-order chi connectivity index (χ0) is 13.2. The van der Waals surface area contributed by atoms with Crippen molar-refractivity contribution in [3.05, 3.63) is 28.3 Å². The highest BCUT2D eigenvalue weighted by atomic mass is 16.5. The van der Waals surface area contributed by atoms with Crippen LogP contribution in [0.3, 0.4) is 0 Å². The van der Waals surface area contributed by atoms with E-state index in [1.165, 1.54) is 0 Å². The number of carbonyl (C=O) groups is 1. The fourth-order valence-electron chi connectivity index (χ4n) is 1.98. The van der Waals surface area contributed by atoms with Crippen LogP contribution in [0.15, 0.2) is 6.07 Å². The summed E-state index contributed by atoms with van der Waals surface area (Å²) in [7, 11) is 1.62. The molecule has 0 spiro atoms. The number of nitrogens with one attached hydrogen (secondary N) is 1. The molecule has 0 saturated carbocycles. The number of rotatable bonds is 3. The lowest BCUT2D eigenvalue weighted by Crippen LogP contribution is -2.39. The number of hydrogen-bond acceptors (Lipinski definition) is 4. The van der Waals surface area contributed by atoms with Crippen molar-refractivity contribution in [1.29, 1.82) is 0 Å². The van der Waals surface area contributed by atoms with Crippen LogP contribution in [0, 0.1) is 20.8 Å². The van der Waals surface area contributed by atoms with Crippen LogP contribution in [0.4, 0.5) is 0 Å². The van der Waals surface area contributed by atoms with E-state index in [0.29, 0.717) is 0 Å². The first-order valence-electron chi connectivity index (χ1n) is 5.34. The Labute approximate surface area is 101 Å². The van der Waals surface area contributed by atoms with E-state index in [-0.39, 0.29) is 0 Å². The standard InChI is InChI=1S/C12H19N3O2/c1-6-5-9(17-4)7(2)8(3)10(6)11(13)12(16)15-14/h5,11H,13-14H2,1-4H3,(H,15,16). The second kappa shape index (κ2) is 5.16. The third-order valence-electron chi connectivity index (χ3n) is 3.06. The summed E-state index contributed by atoms with van der Waals surface area (Å²) >= 11 is 0. The third kappa shape index (κ3) is 2.40. The third-order valence-corrected chi connectivity index (χ3v) is 3.06. The molecule has 1 atom stereocenters. The molecule has 1 amide bonds. The molecule has 1 rings (SSSR count). The molecule has 0 radical (unpaired) electrons. The Morgan fingerprint density at radius 2 is 1.94 bits per heavy atom. The Kier molecular flexibility index (Phi) is 4.09. The van der Waals surface area contributed by atoms with Gasteiger partial charge in [-0.2, -0.15) is 0 Å². The van der Waals surface area contributed by atoms with Crippen LogP contribution in [0.2, 0.25) is 0 Å². The summed E-state index contributed by atoms with van der Waals surface area (Å²) in [4.78, 5) is 11.5. The number of benzene rings is 1. The van der Waals surface area contributed by atoms with Crippen LogP contribution in [0.25, 0.3) is 0 Å². The van der Waals surface area contributed by atoms with E-state index in [1.54, 1.807) is 7.11 Å². The average Bonchev–Trinajstić information content (AvgIpc) is 2.32. The first-order valence-corrected chi connectivity index (χ1v) is 5.34. The highest BCUT2D eigenvalue weighted by Crippen LogP contribution is 2.30. The molecule has 17 heavy (non-hydrogen) atoms. The second-order valence-electron chi connectivity index (χ2n) is 4.05. The van der Waals surface area contributed by atoms with Crippen molar-refractivity contribution in [2.75, 3.05) is 7.11 Å². The molecule has 1 aromatic rings. The predicted octanol–water partition coefficient (Wildman–Crippen LogP) is 0.610. The van der Waals surface area contributed by atoms with E-state index in [0.717, 1.165) is 28.0 Å². The molecule has 94 valence electrons. The Morgan fingerprint density at radius 3 is 2.41 bits per heavy atom. The van der Waals surface area contributed by atoms with E-state index in [2.05, 4.69) is 5.43 Å². The Bertz CT molecular complexity index is 444. The van der Waals surface area contributed by atoms with Crippen LogP contribution in [-0.4, -0.2) is 13.0 Å². The van der Waals surface area contributed by atoms with Gasteiger partial charge < -0.3 is 10.5 Å². The van der Waals surface area contributed by atoms with Crippen LogP contribution >= 0.6 is 0 Å². The molecule has 0 saturated heterocycles. The van der Waals surface area contributed by atoms with Crippen LogP contribution in [0.1, 0.15) is 28.3 Å². The molecular formula is C12H19N3O2. The molecule has 1 aromatic carbocycles. The summed E-state index contributed by atoms with van der Waals surface area (Å²) in [6.07, 6.45) is 0. The molecule has 0 aromatic heterocycles. The minimum absolute atomic E-state index is 0.402. The van der Waals surface area contributed by atoms with Gasteiger partial charge in [-0.15, -0.1) is 0 Å². The number of nitrogens with two attached hydrogens (primary N) is 2. The Hall–Kier alpha value is -1.59. The Morgan fingerprint density at radius 1 is 1.35 bits per heavy atom. The van der Waals surface area contributed by atoms with Gasteiger partial charge in [-0.1, -0.05) is 0 Å². The van der Waals surface area contributed by atoms with Gasteiger partial charge in [-0.3, -0.25) is 10.2 Å². The topological polar surface area (TPSA) is 90.4 Å². The molecule has 0 aliphatic rings.